The molecule has 0 saturated carbocycles. The first-order valence-electron chi connectivity index (χ1n) is 29.5. The second kappa shape index (κ2) is 29.4. The lowest BCUT2D eigenvalue weighted by Crippen LogP contribution is -2.57. The number of aliphatic hydroxyl groups excluding tert-OH is 1. The molecule has 0 aliphatic carbocycles. The molecule has 0 bridgehead atoms. The summed E-state index contributed by atoms with van der Waals surface area (Å²) in [5.41, 5.74) is 5.64. The molecule has 81 heavy (non-hydrogen) atoms. The van der Waals surface area contributed by atoms with Crippen molar-refractivity contribution in [2.75, 3.05) is 70.3 Å². The number of carbonyl (C=O) groups excluding carboxylic acids is 6. The van der Waals surface area contributed by atoms with Crippen LogP contribution in [0.15, 0.2) is 78.7 Å². The molecular formula is C62H85N11O7S. The van der Waals surface area contributed by atoms with Crippen LogP contribution in [-0.2, 0) is 30.5 Å². The number of likely N-dealkylation sites (tertiary alicyclic amines) is 2. The number of β-amino-alcohol motifs (C(OH)–C–C–N with tert-alkyl or cyclic N) is 1. The van der Waals surface area contributed by atoms with E-state index >= 15 is 0 Å². The second-order valence-corrected chi connectivity index (χ2v) is 24.4. The molecule has 3 atom stereocenters. The number of carbonyl (C=O) groups is 6. The summed E-state index contributed by atoms with van der Waals surface area (Å²) in [5, 5.41) is 19.5. The monoisotopic (exact) mass is 1130 g/mol. The molecule has 6 amide bonds. The lowest BCUT2D eigenvalue weighted by atomic mass is 9.85. The first-order chi connectivity index (χ1) is 39.1. The predicted octanol–water partition coefficient (Wildman–Crippen LogP) is 7.02. The van der Waals surface area contributed by atoms with Crippen LogP contribution >= 0.6 is 11.3 Å². The van der Waals surface area contributed by atoms with E-state index in [0.29, 0.717) is 36.9 Å². The smallest absolute Gasteiger partial charge is 0.255 e. The average Bonchev–Trinajstić information content (AvgIpc) is 4.11. The maximum Gasteiger partial charge on any atom is 0.255 e. The SMILES string of the molecule is Cc1ncsc1-c1ccc(CNC(=O)[C@@H]2C[C@@H](O)CN2C(=O)[C@@H](NC(=O)CCCCCCC(=O)N2CCN(C3CCN(c4ccc(C(=O)N5CCC(CCCCNC(=O)/C=C/c6cccnc6)CC5)cn4)CC3)CC2)C(C)(C)C)cc1. The Morgan fingerprint density at radius 1 is 0.790 bits per heavy atom. The topological polar surface area (TPSA) is 214 Å². The third-order valence-corrected chi connectivity index (χ3v) is 17.6. The van der Waals surface area contributed by atoms with E-state index in [-0.39, 0.29) is 61.4 Å². The number of unbranched alkanes of at least 4 members (excludes halogenated alkanes) is 4. The maximum atomic E-state index is 14.1. The minimum atomic E-state index is -0.884. The van der Waals surface area contributed by atoms with Crippen LogP contribution in [0.2, 0.25) is 0 Å². The zero-order valence-corrected chi connectivity index (χ0v) is 48.8. The van der Waals surface area contributed by atoms with Gasteiger partial charge in [-0.1, -0.05) is 76.8 Å². The van der Waals surface area contributed by atoms with Crippen LogP contribution in [0, 0.1) is 18.3 Å². The summed E-state index contributed by atoms with van der Waals surface area (Å²) < 4.78 is 0. The van der Waals surface area contributed by atoms with Gasteiger partial charge < -0.3 is 40.7 Å². The molecule has 4 N–H and O–H groups in total. The fourth-order valence-corrected chi connectivity index (χ4v) is 12.5. The van der Waals surface area contributed by atoms with Crippen molar-refractivity contribution < 1.29 is 33.9 Å². The summed E-state index contributed by atoms with van der Waals surface area (Å²) >= 11 is 1.58. The summed E-state index contributed by atoms with van der Waals surface area (Å²) in [4.78, 5) is 104. The predicted molar refractivity (Wildman–Crippen MR) is 316 cm³/mol. The largest absolute Gasteiger partial charge is 0.391 e. The Labute approximate surface area is 482 Å². The van der Waals surface area contributed by atoms with Crippen LogP contribution in [0.5, 0.6) is 0 Å². The molecule has 4 aliphatic rings. The number of aromatic nitrogens is 3. The van der Waals surface area contributed by atoms with Crippen molar-refractivity contribution in [3.8, 4) is 10.4 Å². The van der Waals surface area contributed by atoms with Crippen molar-refractivity contribution >= 4 is 58.7 Å². The number of aryl methyl sites for hydroxylation is 1. The molecule has 19 heteroatoms. The number of nitrogens with one attached hydrogen (secondary N) is 3. The molecule has 4 aliphatic heterocycles. The fourth-order valence-electron chi connectivity index (χ4n) is 11.7. The summed E-state index contributed by atoms with van der Waals surface area (Å²) in [6, 6.07) is 14.3. The molecule has 3 aromatic heterocycles. The lowest BCUT2D eigenvalue weighted by Gasteiger charge is -2.43. The number of piperidine rings is 2. The van der Waals surface area contributed by atoms with Crippen molar-refractivity contribution in [1.82, 2.24) is 50.5 Å². The number of benzene rings is 1. The van der Waals surface area contributed by atoms with E-state index in [1.807, 2.05) is 91.5 Å². The highest BCUT2D eigenvalue weighted by atomic mass is 32.1. The van der Waals surface area contributed by atoms with Gasteiger partial charge in [0.05, 0.1) is 27.7 Å². The van der Waals surface area contributed by atoms with Crippen molar-refractivity contribution in [1.29, 1.82) is 0 Å². The molecule has 4 aromatic rings. The van der Waals surface area contributed by atoms with Gasteiger partial charge in [0.1, 0.15) is 17.9 Å². The Morgan fingerprint density at radius 3 is 2.20 bits per heavy atom. The van der Waals surface area contributed by atoms with Gasteiger partial charge in [0.25, 0.3) is 5.91 Å². The number of piperazine rings is 1. The van der Waals surface area contributed by atoms with Crippen LogP contribution in [0.3, 0.4) is 0 Å². The number of aliphatic hydroxyl groups is 1. The maximum absolute atomic E-state index is 14.1. The van der Waals surface area contributed by atoms with Crippen LogP contribution in [-0.4, -0.2) is 165 Å². The Kier molecular flexibility index (Phi) is 22.0. The number of thiazole rings is 1. The van der Waals surface area contributed by atoms with Crippen LogP contribution in [0.4, 0.5) is 5.82 Å². The highest BCUT2D eigenvalue weighted by Gasteiger charge is 2.44. The van der Waals surface area contributed by atoms with Gasteiger partial charge in [0.2, 0.25) is 29.5 Å². The summed E-state index contributed by atoms with van der Waals surface area (Å²) in [5.74, 6) is 0.655. The number of nitrogens with zero attached hydrogens (tertiary/aromatic N) is 8. The minimum Gasteiger partial charge on any atom is -0.391 e. The number of pyridine rings is 2. The van der Waals surface area contributed by atoms with Crippen LogP contribution in [0.1, 0.15) is 138 Å². The number of anilines is 1. The molecule has 7 heterocycles. The first-order valence-corrected chi connectivity index (χ1v) is 30.4. The van der Waals surface area contributed by atoms with Gasteiger partial charge in [0.15, 0.2) is 0 Å². The van der Waals surface area contributed by atoms with E-state index < -0.39 is 23.6 Å². The fraction of sp³-hybridized carbons (Fsp3) is 0.565. The van der Waals surface area contributed by atoms with Crippen molar-refractivity contribution in [2.45, 2.75) is 148 Å². The van der Waals surface area contributed by atoms with Gasteiger partial charge in [-0.05, 0) is 104 Å². The Morgan fingerprint density at radius 2 is 1.53 bits per heavy atom. The highest BCUT2D eigenvalue weighted by Crippen LogP contribution is 2.30. The van der Waals surface area contributed by atoms with Gasteiger partial charge in [-0.15, -0.1) is 11.3 Å². The molecule has 0 radical (unpaired) electrons. The van der Waals surface area contributed by atoms with Gasteiger partial charge in [0, 0.05) is 122 Å². The molecule has 18 nitrogen and oxygen atoms in total. The van der Waals surface area contributed by atoms with Crippen molar-refractivity contribution in [3.05, 3.63) is 101 Å². The van der Waals surface area contributed by atoms with Crippen LogP contribution < -0.4 is 20.9 Å². The summed E-state index contributed by atoms with van der Waals surface area (Å²) in [6.45, 7) is 15.0. The van der Waals surface area contributed by atoms with E-state index in [1.54, 1.807) is 42.1 Å². The number of hydrogen-bond acceptors (Lipinski definition) is 13. The molecule has 0 unspecified atom stereocenters. The number of hydrogen-bond donors (Lipinski definition) is 4. The second-order valence-electron chi connectivity index (χ2n) is 23.5. The number of amides is 6. The van der Waals surface area contributed by atoms with E-state index in [2.05, 4.69) is 35.7 Å². The molecule has 4 fully saturated rings. The zero-order valence-electron chi connectivity index (χ0n) is 48.0. The van der Waals surface area contributed by atoms with Gasteiger partial charge >= 0.3 is 0 Å². The quantitative estimate of drug-likeness (QED) is 0.0436. The average molecular weight is 1130 g/mol. The third kappa shape index (κ3) is 17.5. The Hall–Kier alpha value is -6.57. The number of rotatable bonds is 23. The van der Waals surface area contributed by atoms with Crippen LogP contribution in [0.25, 0.3) is 16.5 Å². The summed E-state index contributed by atoms with van der Waals surface area (Å²) in [6.07, 6.45) is 18.5. The Balaban J connectivity index is 0.660. The molecule has 1 aromatic carbocycles. The lowest BCUT2D eigenvalue weighted by molar-refractivity contribution is -0.144. The van der Waals surface area contributed by atoms with Crippen molar-refractivity contribution in [3.63, 3.8) is 0 Å². The van der Waals surface area contributed by atoms with E-state index in [9.17, 15) is 33.9 Å². The van der Waals surface area contributed by atoms with Gasteiger partial charge in [-0.25, -0.2) is 9.97 Å². The normalized spacial score (nSPS) is 19.0. The molecular weight excluding hydrogens is 1040 g/mol. The Bertz CT molecular complexity index is 2730. The zero-order chi connectivity index (χ0) is 57.3. The van der Waals surface area contributed by atoms with E-state index in [0.717, 1.165) is 150 Å². The van der Waals surface area contributed by atoms with Gasteiger partial charge in [-0.2, -0.15) is 0 Å². The minimum absolute atomic E-state index is 0.0154. The van der Waals surface area contributed by atoms with E-state index in [1.165, 1.54) is 4.90 Å². The summed E-state index contributed by atoms with van der Waals surface area (Å²) in [7, 11) is 0. The highest BCUT2D eigenvalue weighted by molar-refractivity contribution is 7.13. The van der Waals surface area contributed by atoms with Crippen molar-refractivity contribution in [2.24, 2.45) is 11.3 Å². The third-order valence-electron chi connectivity index (χ3n) is 16.6. The standard InChI is InChI=1S/C62H85N11O7S/c1-44-57(81-43-67-44)48-19-16-47(17-20-48)40-66-59(78)52-38-51(74)42-73(52)61(80)58(62(2,3)4)68-55(76)14-7-5-6-8-15-56(77)71-36-34-69(35-37-71)50-26-32-70(33-27-50)53-22-21-49(41-65-53)60(79)72-30-24-45(25-31-72)12-9-10-29-64-54(75)23-18-46-13-11-28-63-39-46/h11,13,16-23,28,39,41,43,45,50-52,58,74H,5-10,12,14-15,24-27,29-38,40,42H2,1-4H3,(H,64,75)(H,66,78)(H,68,76)/b23-18+/t51-,52+,58-/m1/s1. The first kappa shape index (κ1) is 60.5. The van der Waals surface area contributed by atoms with Gasteiger partial charge in [-0.3, -0.25) is 38.7 Å². The molecule has 0 spiro atoms. The molecule has 436 valence electrons. The molecule has 8 rings (SSSR count). The molecule has 4 saturated heterocycles. The van der Waals surface area contributed by atoms with E-state index in [4.69, 9.17) is 4.98 Å².